The summed E-state index contributed by atoms with van der Waals surface area (Å²) in [7, 11) is 0. The second-order valence-electron chi connectivity index (χ2n) is 5.87. The van der Waals surface area contributed by atoms with Crippen LogP contribution in [0.15, 0.2) is 47.6 Å². The molecule has 1 aromatic heterocycles. The molecule has 0 radical (unpaired) electrons. The van der Waals surface area contributed by atoms with Gasteiger partial charge in [0.15, 0.2) is 0 Å². The Hall–Kier alpha value is -2.39. The van der Waals surface area contributed by atoms with Crippen LogP contribution in [0.5, 0.6) is 0 Å². The first-order chi connectivity index (χ1) is 11.5. The smallest absolute Gasteiger partial charge is 0.0872 e. The maximum absolute atomic E-state index is 9.34. The molecule has 0 aliphatic rings. The molecule has 4 heteroatoms. The number of rotatable bonds is 3. The number of hydrogen-bond acceptors (Lipinski definition) is 3. The van der Waals surface area contributed by atoms with Crippen LogP contribution in [-0.2, 0) is 0 Å². The molecule has 1 heterocycles. The minimum absolute atomic E-state index is 0.652. The monoisotopic (exact) mass is 338 g/mol. The van der Waals surface area contributed by atoms with Gasteiger partial charge in [-0.3, -0.25) is 4.98 Å². The normalized spacial score (nSPS) is 11.9. The molecule has 3 rings (SSSR count). The topological polar surface area (TPSA) is 45.5 Å². The lowest BCUT2D eigenvalue weighted by atomic mass is 9.94. The fourth-order valence-electron chi connectivity index (χ4n) is 3.08. The highest BCUT2D eigenvalue weighted by Gasteiger charge is 2.14. The number of para-hydroxylation sites is 1. The van der Waals surface area contributed by atoms with E-state index in [1.54, 1.807) is 0 Å². The van der Waals surface area contributed by atoms with E-state index in [0.717, 1.165) is 43.9 Å². The summed E-state index contributed by atoms with van der Waals surface area (Å²) in [5.74, 6) is 0. The molecule has 0 saturated carbocycles. The van der Waals surface area contributed by atoms with Crippen LogP contribution < -0.4 is 0 Å². The molecule has 0 atom stereocenters. The number of pyridine rings is 1. The van der Waals surface area contributed by atoms with Crippen molar-refractivity contribution in [1.29, 1.82) is 0 Å². The first-order valence-electron chi connectivity index (χ1n) is 7.93. The van der Waals surface area contributed by atoms with E-state index < -0.39 is 0 Å². The molecule has 3 aromatic rings. The van der Waals surface area contributed by atoms with Crippen molar-refractivity contribution in [2.24, 2.45) is 5.16 Å². The average molecular weight is 339 g/mol. The fraction of sp³-hybridized carbons (Fsp3) is 0.200. The van der Waals surface area contributed by atoms with Gasteiger partial charge < -0.3 is 5.21 Å². The Morgan fingerprint density at radius 1 is 1.12 bits per heavy atom. The quantitative estimate of drug-likeness (QED) is 0.375. The molecular formula is C20H19ClN2O. The van der Waals surface area contributed by atoms with E-state index in [4.69, 9.17) is 16.6 Å². The Balaban J connectivity index is 2.36. The molecule has 0 aliphatic carbocycles. The van der Waals surface area contributed by atoms with Gasteiger partial charge in [0.1, 0.15) is 0 Å². The number of benzene rings is 2. The standard InChI is InChI=1S/C20H19ClN2O/c1-4-19(23-24)18-11-13(3)22-20-16(6-5-7-17(18)20)15-9-8-14(21)10-12(15)2/h5-11,24H,4H2,1-3H3/b23-19-. The highest BCUT2D eigenvalue weighted by atomic mass is 35.5. The number of fused-ring (bicyclic) bond motifs is 1. The molecular weight excluding hydrogens is 320 g/mol. The van der Waals surface area contributed by atoms with Gasteiger partial charge in [-0.15, -0.1) is 0 Å². The van der Waals surface area contributed by atoms with Crippen molar-refractivity contribution in [3.8, 4) is 11.1 Å². The maximum Gasteiger partial charge on any atom is 0.0872 e. The van der Waals surface area contributed by atoms with Gasteiger partial charge in [-0.2, -0.15) is 0 Å². The van der Waals surface area contributed by atoms with Crippen LogP contribution in [0.4, 0.5) is 0 Å². The summed E-state index contributed by atoms with van der Waals surface area (Å²) in [6, 6.07) is 13.9. The Labute approximate surface area is 146 Å². The number of nitrogens with zero attached hydrogens (tertiary/aromatic N) is 2. The number of aromatic nitrogens is 1. The van der Waals surface area contributed by atoms with Crippen LogP contribution in [0.1, 0.15) is 30.2 Å². The Morgan fingerprint density at radius 3 is 2.58 bits per heavy atom. The third kappa shape index (κ3) is 2.87. The summed E-state index contributed by atoms with van der Waals surface area (Å²) < 4.78 is 0. The van der Waals surface area contributed by atoms with Crippen LogP contribution in [-0.4, -0.2) is 15.9 Å². The van der Waals surface area contributed by atoms with Crippen molar-refractivity contribution in [3.05, 3.63) is 64.3 Å². The van der Waals surface area contributed by atoms with Crippen LogP contribution in [0.25, 0.3) is 22.0 Å². The second-order valence-corrected chi connectivity index (χ2v) is 6.31. The fourth-order valence-corrected chi connectivity index (χ4v) is 3.30. The van der Waals surface area contributed by atoms with Crippen LogP contribution in [0.2, 0.25) is 5.02 Å². The van der Waals surface area contributed by atoms with Crippen molar-refractivity contribution in [2.45, 2.75) is 27.2 Å². The summed E-state index contributed by atoms with van der Waals surface area (Å²) >= 11 is 6.09. The summed E-state index contributed by atoms with van der Waals surface area (Å²) in [6.07, 6.45) is 0.652. The van der Waals surface area contributed by atoms with Crippen molar-refractivity contribution in [3.63, 3.8) is 0 Å². The van der Waals surface area contributed by atoms with Crippen molar-refractivity contribution >= 4 is 28.2 Å². The molecule has 0 amide bonds. The predicted molar refractivity (Wildman–Crippen MR) is 100 cm³/mol. The molecule has 0 unspecified atom stereocenters. The van der Waals surface area contributed by atoms with E-state index in [2.05, 4.69) is 11.2 Å². The minimum Gasteiger partial charge on any atom is -0.411 e. The molecule has 122 valence electrons. The highest BCUT2D eigenvalue weighted by Crippen LogP contribution is 2.33. The van der Waals surface area contributed by atoms with Crippen LogP contribution in [0, 0.1) is 13.8 Å². The lowest BCUT2D eigenvalue weighted by Crippen LogP contribution is -2.03. The maximum atomic E-state index is 9.34. The molecule has 0 bridgehead atoms. The Kier molecular flexibility index (Phi) is 4.54. The Morgan fingerprint density at radius 2 is 1.92 bits per heavy atom. The van der Waals surface area contributed by atoms with E-state index >= 15 is 0 Å². The molecule has 3 nitrogen and oxygen atoms in total. The van der Waals surface area contributed by atoms with Crippen molar-refractivity contribution in [1.82, 2.24) is 4.98 Å². The van der Waals surface area contributed by atoms with Gasteiger partial charge in [0.2, 0.25) is 0 Å². The number of aryl methyl sites for hydroxylation is 2. The van der Waals surface area contributed by atoms with Crippen LogP contribution in [0.3, 0.4) is 0 Å². The van der Waals surface area contributed by atoms with Gasteiger partial charge >= 0.3 is 0 Å². The number of hydrogen-bond donors (Lipinski definition) is 1. The molecule has 0 spiro atoms. The number of oxime groups is 1. The zero-order valence-corrected chi connectivity index (χ0v) is 14.7. The van der Waals surface area contributed by atoms with Crippen molar-refractivity contribution in [2.75, 3.05) is 0 Å². The third-order valence-electron chi connectivity index (χ3n) is 4.21. The first-order valence-corrected chi connectivity index (χ1v) is 8.31. The van der Waals surface area contributed by atoms with Gasteiger partial charge in [0, 0.05) is 27.2 Å². The summed E-state index contributed by atoms with van der Waals surface area (Å²) in [5.41, 5.74) is 6.66. The Bertz CT molecular complexity index is 948. The SMILES string of the molecule is CC/C(=N/O)c1cc(C)nc2c(-c3ccc(Cl)cc3C)cccc12. The second kappa shape index (κ2) is 6.62. The summed E-state index contributed by atoms with van der Waals surface area (Å²) in [5, 5.41) is 14.5. The van der Waals surface area contributed by atoms with E-state index in [-0.39, 0.29) is 0 Å². The highest BCUT2D eigenvalue weighted by molar-refractivity contribution is 6.30. The van der Waals surface area contributed by atoms with E-state index in [1.165, 1.54) is 0 Å². The molecule has 2 aromatic carbocycles. The molecule has 24 heavy (non-hydrogen) atoms. The van der Waals surface area contributed by atoms with Crippen LogP contribution >= 0.6 is 11.6 Å². The molecule has 0 fully saturated rings. The lowest BCUT2D eigenvalue weighted by Gasteiger charge is -2.13. The predicted octanol–water partition coefficient (Wildman–Crippen LogP) is 5.76. The van der Waals surface area contributed by atoms with E-state index in [0.29, 0.717) is 12.1 Å². The number of halogens is 1. The molecule has 1 N–H and O–H groups in total. The third-order valence-corrected chi connectivity index (χ3v) is 4.45. The first kappa shape index (κ1) is 16.5. The minimum atomic E-state index is 0.652. The van der Waals surface area contributed by atoms with Gasteiger partial charge in [0.05, 0.1) is 11.2 Å². The van der Waals surface area contributed by atoms with Gasteiger partial charge in [-0.05, 0) is 49.6 Å². The summed E-state index contributed by atoms with van der Waals surface area (Å²) in [4.78, 5) is 4.76. The van der Waals surface area contributed by atoms with Gasteiger partial charge in [0.25, 0.3) is 0 Å². The van der Waals surface area contributed by atoms with Gasteiger partial charge in [-0.1, -0.05) is 47.9 Å². The summed E-state index contributed by atoms with van der Waals surface area (Å²) in [6.45, 7) is 5.98. The zero-order chi connectivity index (χ0) is 17.3. The zero-order valence-electron chi connectivity index (χ0n) is 14.0. The van der Waals surface area contributed by atoms with E-state index in [9.17, 15) is 5.21 Å². The largest absolute Gasteiger partial charge is 0.411 e. The molecule has 0 aliphatic heterocycles. The van der Waals surface area contributed by atoms with E-state index in [1.807, 2.05) is 57.2 Å². The molecule has 0 saturated heterocycles. The van der Waals surface area contributed by atoms with Crippen molar-refractivity contribution < 1.29 is 5.21 Å². The van der Waals surface area contributed by atoms with Gasteiger partial charge in [-0.25, -0.2) is 0 Å². The average Bonchev–Trinajstić information content (AvgIpc) is 2.56. The lowest BCUT2D eigenvalue weighted by molar-refractivity contribution is 0.318.